The number of fused-ring (bicyclic) bond motifs is 3. The summed E-state index contributed by atoms with van der Waals surface area (Å²) in [7, 11) is 0. The van der Waals surface area contributed by atoms with Gasteiger partial charge in [0, 0.05) is 6.54 Å². The minimum atomic E-state index is -0.474. The monoisotopic (exact) mass is 213 g/mol. The van der Waals surface area contributed by atoms with Gasteiger partial charge < -0.3 is 14.6 Å². The molecule has 3 fully saturated rings. The van der Waals surface area contributed by atoms with Crippen molar-refractivity contribution in [1.82, 2.24) is 4.90 Å². The van der Waals surface area contributed by atoms with Crippen LogP contribution in [-0.2, 0) is 9.47 Å². The second-order valence-corrected chi connectivity index (χ2v) is 5.33. The van der Waals surface area contributed by atoms with Crippen LogP contribution in [-0.4, -0.2) is 53.2 Å². The van der Waals surface area contributed by atoms with E-state index >= 15 is 0 Å². The zero-order valence-corrected chi connectivity index (χ0v) is 9.35. The molecule has 86 valence electrons. The molecule has 1 N–H and O–H groups in total. The highest BCUT2D eigenvalue weighted by molar-refractivity contribution is 5.04. The highest BCUT2D eigenvalue weighted by Gasteiger charge is 2.55. The predicted octanol–water partition coefficient (Wildman–Crippen LogP) is 0.345. The lowest BCUT2D eigenvalue weighted by Gasteiger charge is -2.36. The number of aliphatic hydroxyl groups excluding tert-OH is 1. The molecule has 0 aromatic rings. The van der Waals surface area contributed by atoms with Crippen molar-refractivity contribution < 1.29 is 14.6 Å². The summed E-state index contributed by atoms with van der Waals surface area (Å²) in [5.41, 5.74) is 0. The predicted molar refractivity (Wildman–Crippen MR) is 54.4 cm³/mol. The Morgan fingerprint density at radius 2 is 2.13 bits per heavy atom. The molecule has 3 saturated heterocycles. The second-order valence-electron chi connectivity index (χ2n) is 5.33. The van der Waals surface area contributed by atoms with E-state index in [1.54, 1.807) is 0 Å². The van der Waals surface area contributed by atoms with Crippen molar-refractivity contribution in [3.05, 3.63) is 0 Å². The smallest absolute Gasteiger partial charge is 0.163 e. The summed E-state index contributed by atoms with van der Waals surface area (Å²) in [4.78, 5) is 2.32. The van der Waals surface area contributed by atoms with Gasteiger partial charge in [0.05, 0.1) is 12.1 Å². The fourth-order valence-electron chi connectivity index (χ4n) is 3.23. The molecule has 3 aliphatic heterocycles. The lowest BCUT2D eigenvalue weighted by atomic mass is 9.97. The van der Waals surface area contributed by atoms with Gasteiger partial charge in [-0.25, -0.2) is 0 Å². The summed E-state index contributed by atoms with van der Waals surface area (Å²) in [6.07, 6.45) is 1.95. The van der Waals surface area contributed by atoms with Gasteiger partial charge in [0.1, 0.15) is 12.2 Å². The summed E-state index contributed by atoms with van der Waals surface area (Å²) in [6, 6.07) is 0.158. The van der Waals surface area contributed by atoms with Crippen molar-refractivity contribution in [3.63, 3.8) is 0 Å². The third-order valence-corrected chi connectivity index (χ3v) is 3.73. The van der Waals surface area contributed by atoms with Gasteiger partial charge in [-0.15, -0.1) is 0 Å². The van der Waals surface area contributed by atoms with E-state index in [1.807, 2.05) is 13.8 Å². The van der Waals surface area contributed by atoms with Crippen molar-refractivity contribution in [3.8, 4) is 0 Å². The molecule has 4 nitrogen and oxygen atoms in total. The first kappa shape index (κ1) is 10.0. The minimum Gasteiger partial charge on any atom is -0.391 e. The van der Waals surface area contributed by atoms with Crippen LogP contribution in [0.15, 0.2) is 0 Å². The second kappa shape index (κ2) is 3.17. The molecule has 0 spiro atoms. The number of ether oxygens (including phenoxy) is 2. The SMILES string of the molecule is CC1(C)O[C@@H]2[C@@H]3[C@@H](O)CCCN3C[C@@H]2O1. The Bertz CT molecular complexity index is 269. The minimum absolute atomic E-state index is 0.0651. The Kier molecular flexibility index (Phi) is 2.12. The van der Waals surface area contributed by atoms with E-state index in [2.05, 4.69) is 4.90 Å². The molecular weight excluding hydrogens is 194 g/mol. The van der Waals surface area contributed by atoms with Crippen LogP contribution < -0.4 is 0 Å². The highest BCUT2D eigenvalue weighted by Crippen LogP contribution is 2.39. The molecule has 3 heterocycles. The summed E-state index contributed by atoms with van der Waals surface area (Å²) >= 11 is 0. The van der Waals surface area contributed by atoms with E-state index in [0.717, 1.165) is 25.9 Å². The number of rotatable bonds is 0. The van der Waals surface area contributed by atoms with Crippen molar-refractivity contribution in [2.45, 2.75) is 56.8 Å². The molecule has 0 amide bonds. The standard InChI is InChI=1S/C11H19NO3/c1-11(2)14-8-6-12-5-3-4-7(13)9(12)10(8)15-11/h7-10,13H,3-6H2,1-2H3/t7-,8-,9-,10-/m0/s1. The van der Waals surface area contributed by atoms with Gasteiger partial charge in [-0.05, 0) is 33.2 Å². The highest BCUT2D eigenvalue weighted by atomic mass is 16.8. The molecule has 3 aliphatic rings. The molecule has 0 bridgehead atoms. The first-order chi connectivity index (χ1) is 7.07. The Hall–Kier alpha value is -0.160. The Labute approximate surface area is 90.2 Å². The summed E-state index contributed by atoms with van der Waals surface area (Å²) in [6.45, 7) is 5.88. The first-order valence-electron chi connectivity index (χ1n) is 5.85. The van der Waals surface area contributed by atoms with E-state index in [-0.39, 0.29) is 24.4 Å². The van der Waals surface area contributed by atoms with Crippen LogP contribution in [0.25, 0.3) is 0 Å². The van der Waals surface area contributed by atoms with Crippen LogP contribution in [0.2, 0.25) is 0 Å². The van der Waals surface area contributed by atoms with Gasteiger partial charge in [0.15, 0.2) is 5.79 Å². The topological polar surface area (TPSA) is 41.9 Å². The van der Waals surface area contributed by atoms with Crippen molar-refractivity contribution >= 4 is 0 Å². The first-order valence-corrected chi connectivity index (χ1v) is 5.85. The molecule has 4 heteroatoms. The lowest BCUT2D eigenvalue weighted by molar-refractivity contribution is -0.169. The van der Waals surface area contributed by atoms with Gasteiger partial charge in [0.2, 0.25) is 0 Å². The van der Waals surface area contributed by atoms with Crippen molar-refractivity contribution in [1.29, 1.82) is 0 Å². The molecule has 0 radical (unpaired) electrons. The fourth-order valence-corrected chi connectivity index (χ4v) is 3.23. The maximum absolute atomic E-state index is 10.0. The van der Waals surface area contributed by atoms with E-state index in [4.69, 9.17) is 9.47 Å². The van der Waals surface area contributed by atoms with Crippen molar-refractivity contribution in [2.75, 3.05) is 13.1 Å². The molecule has 0 saturated carbocycles. The van der Waals surface area contributed by atoms with E-state index < -0.39 is 5.79 Å². The molecule has 0 unspecified atom stereocenters. The Morgan fingerprint density at radius 3 is 2.93 bits per heavy atom. The van der Waals surface area contributed by atoms with Crippen LogP contribution in [0.5, 0.6) is 0 Å². The van der Waals surface area contributed by atoms with E-state index in [1.165, 1.54) is 0 Å². The van der Waals surface area contributed by atoms with Gasteiger partial charge in [-0.3, -0.25) is 4.90 Å². The number of hydrogen-bond donors (Lipinski definition) is 1. The van der Waals surface area contributed by atoms with Gasteiger partial charge >= 0.3 is 0 Å². The molecular formula is C11H19NO3. The zero-order valence-electron chi connectivity index (χ0n) is 9.35. The van der Waals surface area contributed by atoms with Crippen LogP contribution in [0, 0.1) is 0 Å². The van der Waals surface area contributed by atoms with Crippen LogP contribution in [0.4, 0.5) is 0 Å². The average Bonchev–Trinajstić information content (AvgIpc) is 2.56. The third-order valence-electron chi connectivity index (χ3n) is 3.73. The van der Waals surface area contributed by atoms with E-state index in [0.29, 0.717) is 0 Å². The molecule has 0 aromatic heterocycles. The molecule has 15 heavy (non-hydrogen) atoms. The normalized spacial score (nSPS) is 49.0. The maximum Gasteiger partial charge on any atom is 0.163 e. The Balaban J connectivity index is 1.81. The number of nitrogens with zero attached hydrogens (tertiary/aromatic N) is 1. The summed E-state index contributed by atoms with van der Waals surface area (Å²) in [5, 5.41) is 10.0. The quantitative estimate of drug-likeness (QED) is 0.630. The molecule has 0 aromatic carbocycles. The third kappa shape index (κ3) is 1.51. The summed E-state index contributed by atoms with van der Waals surface area (Å²) in [5.74, 6) is -0.474. The van der Waals surface area contributed by atoms with Crippen LogP contribution in [0.3, 0.4) is 0 Å². The maximum atomic E-state index is 10.0. The van der Waals surface area contributed by atoms with Gasteiger partial charge in [-0.2, -0.15) is 0 Å². The molecule has 0 aliphatic carbocycles. The number of piperidine rings is 1. The van der Waals surface area contributed by atoms with Gasteiger partial charge in [-0.1, -0.05) is 0 Å². The fraction of sp³-hybridized carbons (Fsp3) is 1.00. The van der Waals surface area contributed by atoms with E-state index in [9.17, 15) is 5.11 Å². The zero-order chi connectivity index (χ0) is 10.6. The Morgan fingerprint density at radius 1 is 1.33 bits per heavy atom. The largest absolute Gasteiger partial charge is 0.391 e. The number of aliphatic hydroxyl groups is 1. The molecule has 4 atom stereocenters. The number of hydrogen-bond acceptors (Lipinski definition) is 4. The van der Waals surface area contributed by atoms with Crippen LogP contribution >= 0.6 is 0 Å². The average molecular weight is 213 g/mol. The molecule has 3 rings (SSSR count). The van der Waals surface area contributed by atoms with Crippen molar-refractivity contribution in [2.24, 2.45) is 0 Å². The van der Waals surface area contributed by atoms with Gasteiger partial charge in [0.25, 0.3) is 0 Å². The summed E-state index contributed by atoms with van der Waals surface area (Å²) < 4.78 is 11.7. The lowest BCUT2D eigenvalue weighted by Crippen LogP contribution is -2.50. The van der Waals surface area contributed by atoms with Crippen LogP contribution in [0.1, 0.15) is 26.7 Å².